The van der Waals surface area contributed by atoms with Crippen molar-refractivity contribution in [3.05, 3.63) is 52.2 Å². The first-order chi connectivity index (χ1) is 12.6. The molecule has 2 N–H and O–H groups in total. The van der Waals surface area contributed by atoms with Crippen molar-refractivity contribution in [1.29, 1.82) is 0 Å². The van der Waals surface area contributed by atoms with E-state index in [1.54, 1.807) is 6.20 Å². The van der Waals surface area contributed by atoms with Crippen LogP contribution in [0.1, 0.15) is 48.2 Å². The summed E-state index contributed by atoms with van der Waals surface area (Å²) in [6, 6.07) is 4.76. The molecular weight excluding hydrogens is 334 g/mol. The molecule has 0 saturated carbocycles. The molecule has 2 aromatic heterocycles. The average Bonchev–Trinajstić information content (AvgIpc) is 2.62. The first kappa shape index (κ1) is 18.0. The Hall–Kier alpha value is -2.83. The second-order valence-corrected chi connectivity index (χ2v) is 6.42. The van der Waals surface area contributed by atoms with Crippen LogP contribution in [0.5, 0.6) is 5.75 Å². The first-order valence-corrected chi connectivity index (χ1v) is 8.94. The van der Waals surface area contributed by atoms with Crippen molar-refractivity contribution >= 4 is 11.7 Å². The SMILES string of the molecule is O=C(NCc1cccnc1N1CCCCCCC1)c1cc(=O)c(O)co1. The lowest BCUT2D eigenvalue weighted by atomic mass is 10.1. The molecule has 7 heteroatoms. The molecule has 0 unspecified atom stereocenters. The molecule has 1 amide bonds. The summed E-state index contributed by atoms with van der Waals surface area (Å²) in [4.78, 5) is 30.4. The zero-order chi connectivity index (χ0) is 18.4. The molecule has 26 heavy (non-hydrogen) atoms. The molecule has 7 nitrogen and oxygen atoms in total. The van der Waals surface area contributed by atoms with E-state index in [9.17, 15) is 14.7 Å². The molecule has 0 aromatic carbocycles. The molecule has 0 spiro atoms. The quantitative estimate of drug-likeness (QED) is 0.873. The maximum Gasteiger partial charge on any atom is 0.287 e. The minimum Gasteiger partial charge on any atom is -0.502 e. The van der Waals surface area contributed by atoms with Gasteiger partial charge in [0.25, 0.3) is 5.91 Å². The molecule has 3 heterocycles. The highest BCUT2D eigenvalue weighted by Crippen LogP contribution is 2.21. The van der Waals surface area contributed by atoms with Crippen LogP contribution in [0.2, 0.25) is 0 Å². The van der Waals surface area contributed by atoms with Gasteiger partial charge in [-0.15, -0.1) is 0 Å². The number of rotatable bonds is 4. The van der Waals surface area contributed by atoms with Gasteiger partial charge in [-0.25, -0.2) is 4.98 Å². The Morgan fingerprint density at radius 1 is 1.23 bits per heavy atom. The minimum atomic E-state index is -0.649. The maximum atomic E-state index is 12.2. The van der Waals surface area contributed by atoms with Gasteiger partial charge in [-0.3, -0.25) is 9.59 Å². The molecule has 0 radical (unpaired) electrons. The third-order valence-electron chi connectivity index (χ3n) is 4.50. The van der Waals surface area contributed by atoms with Crippen LogP contribution < -0.4 is 15.6 Å². The Morgan fingerprint density at radius 3 is 2.69 bits per heavy atom. The monoisotopic (exact) mass is 357 g/mol. The van der Waals surface area contributed by atoms with Gasteiger partial charge < -0.3 is 19.7 Å². The van der Waals surface area contributed by atoms with Crippen molar-refractivity contribution in [2.45, 2.75) is 38.6 Å². The number of nitrogens with zero attached hydrogens (tertiary/aromatic N) is 2. The summed E-state index contributed by atoms with van der Waals surface area (Å²) in [6.07, 6.45) is 8.66. The van der Waals surface area contributed by atoms with Gasteiger partial charge >= 0.3 is 0 Å². The highest BCUT2D eigenvalue weighted by Gasteiger charge is 2.16. The largest absolute Gasteiger partial charge is 0.502 e. The number of hydrogen-bond acceptors (Lipinski definition) is 6. The summed E-state index contributed by atoms with van der Waals surface area (Å²) >= 11 is 0. The van der Waals surface area contributed by atoms with E-state index in [1.165, 1.54) is 19.3 Å². The van der Waals surface area contributed by atoms with Gasteiger partial charge in [0.2, 0.25) is 5.43 Å². The number of anilines is 1. The summed E-state index contributed by atoms with van der Waals surface area (Å²) in [5.41, 5.74) is 0.270. The third kappa shape index (κ3) is 4.41. The molecule has 1 aliphatic heterocycles. The van der Waals surface area contributed by atoms with E-state index >= 15 is 0 Å². The van der Waals surface area contributed by atoms with Gasteiger partial charge in [0.1, 0.15) is 12.1 Å². The molecule has 1 fully saturated rings. The smallest absolute Gasteiger partial charge is 0.287 e. The van der Waals surface area contributed by atoms with Crippen LogP contribution in [-0.2, 0) is 6.54 Å². The minimum absolute atomic E-state index is 0.135. The normalized spacial score (nSPS) is 15.2. The van der Waals surface area contributed by atoms with E-state index in [0.717, 1.165) is 49.6 Å². The van der Waals surface area contributed by atoms with Gasteiger partial charge in [0.05, 0.1) is 0 Å². The molecule has 2 aromatic rings. The van der Waals surface area contributed by atoms with Crippen LogP contribution in [0.15, 0.2) is 39.9 Å². The summed E-state index contributed by atoms with van der Waals surface area (Å²) < 4.78 is 4.98. The first-order valence-electron chi connectivity index (χ1n) is 8.94. The topological polar surface area (TPSA) is 95.7 Å². The third-order valence-corrected chi connectivity index (χ3v) is 4.50. The zero-order valence-electron chi connectivity index (χ0n) is 14.6. The molecule has 1 aliphatic rings. The van der Waals surface area contributed by atoms with Gasteiger partial charge in [0.15, 0.2) is 11.5 Å². The Balaban J connectivity index is 1.70. The highest BCUT2D eigenvalue weighted by atomic mass is 16.4. The Morgan fingerprint density at radius 2 is 1.96 bits per heavy atom. The van der Waals surface area contributed by atoms with E-state index in [4.69, 9.17) is 4.42 Å². The maximum absolute atomic E-state index is 12.2. The van der Waals surface area contributed by atoms with Gasteiger partial charge in [-0.05, 0) is 18.9 Å². The van der Waals surface area contributed by atoms with Crippen molar-refractivity contribution in [2.75, 3.05) is 18.0 Å². The summed E-state index contributed by atoms with van der Waals surface area (Å²) in [6.45, 7) is 2.21. The number of aromatic nitrogens is 1. The van der Waals surface area contributed by atoms with Crippen LogP contribution in [-0.4, -0.2) is 29.1 Å². The Kier molecular flexibility index (Phi) is 5.88. The number of aromatic hydroxyl groups is 1. The lowest BCUT2D eigenvalue weighted by Gasteiger charge is -2.27. The standard InChI is InChI=1S/C19H23N3O4/c23-15-11-17(26-13-16(15)24)19(25)21-12-14-7-6-8-20-18(14)22-9-4-2-1-3-5-10-22/h6-8,11,13,24H,1-5,9-10,12H2,(H,21,25). The van der Waals surface area contributed by atoms with Crippen LogP contribution in [0.25, 0.3) is 0 Å². The van der Waals surface area contributed by atoms with E-state index in [0.29, 0.717) is 0 Å². The van der Waals surface area contributed by atoms with Crippen molar-refractivity contribution in [3.8, 4) is 5.75 Å². The number of hydrogen-bond donors (Lipinski definition) is 2. The number of carbonyl (C=O) groups is 1. The van der Waals surface area contributed by atoms with Crippen molar-refractivity contribution in [1.82, 2.24) is 10.3 Å². The van der Waals surface area contributed by atoms with Gasteiger partial charge in [0, 0.05) is 37.5 Å². The summed E-state index contributed by atoms with van der Waals surface area (Å²) in [7, 11) is 0. The van der Waals surface area contributed by atoms with Crippen LogP contribution in [0.4, 0.5) is 5.82 Å². The lowest BCUT2D eigenvalue weighted by Crippen LogP contribution is -2.30. The summed E-state index contributed by atoms with van der Waals surface area (Å²) in [5, 5.41) is 12.0. The number of nitrogens with one attached hydrogen (secondary N) is 1. The van der Waals surface area contributed by atoms with Gasteiger partial charge in [-0.2, -0.15) is 0 Å². The molecule has 138 valence electrons. The predicted octanol–water partition coefficient (Wildman–Crippen LogP) is 2.44. The lowest BCUT2D eigenvalue weighted by molar-refractivity contribution is 0.0920. The second-order valence-electron chi connectivity index (χ2n) is 6.42. The number of pyridine rings is 1. The summed E-state index contributed by atoms with van der Waals surface area (Å²) in [5.74, 6) is -0.274. The van der Waals surface area contributed by atoms with Crippen molar-refractivity contribution in [3.63, 3.8) is 0 Å². The second kappa shape index (κ2) is 8.51. The van der Waals surface area contributed by atoms with E-state index < -0.39 is 17.1 Å². The molecule has 0 bridgehead atoms. The highest BCUT2D eigenvalue weighted by molar-refractivity contribution is 5.91. The van der Waals surface area contributed by atoms with Crippen LogP contribution in [0.3, 0.4) is 0 Å². The molecule has 3 rings (SSSR count). The fourth-order valence-corrected chi connectivity index (χ4v) is 3.10. The Bertz CT molecular complexity index is 810. The predicted molar refractivity (Wildman–Crippen MR) is 97.3 cm³/mol. The molecular formula is C19H23N3O4. The van der Waals surface area contributed by atoms with Gasteiger partial charge in [-0.1, -0.05) is 25.3 Å². The van der Waals surface area contributed by atoms with E-state index in [1.807, 2.05) is 12.1 Å². The molecule has 0 atom stereocenters. The van der Waals surface area contributed by atoms with E-state index in [-0.39, 0.29) is 12.3 Å². The molecule has 0 aliphatic carbocycles. The zero-order valence-corrected chi connectivity index (χ0v) is 14.6. The Labute approximate surface area is 151 Å². The van der Waals surface area contributed by atoms with Crippen LogP contribution in [0, 0.1) is 0 Å². The van der Waals surface area contributed by atoms with Crippen LogP contribution >= 0.6 is 0 Å². The number of carbonyl (C=O) groups excluding carboxylic acids is 1. The fourth-order valence-electron chi connectivity index (χ4n) is 3.10. The van der Waals surface area contributed by atoms with Crippen molar-refractivity contribution in [2.24, 2.45) is 0 Å². The van der Waals surface area contributed by atoms with E-state index in [2.05, 4.69) is 15.2 Å². The van der Waals surface area contributed by atoms with Crippen molar-refractivity contribution < 1.29 is 14.3 Å². The average molecular weight is 357 g/mol. The number of amides is 1. The fraction of sp³-hybridized carbons (Fsp3) is 0.421. The molecule has 1 saturated heterocycles.